The number of hydrogen-bond donors (Lipinski definition) is 2. The zero-order valence-electron chi connectivity index (χ0n) is 5.33. The van der Waals surface area contributed by atoms with Gasteiger partial charge in [-0.2, -0.15) is 5.23 Å². The number of fused-ring (bicyclic) bond motifs is 1. The Morgan fingerprint density at radius 3 is 3.50 bits per heavy atom. The van der Waals surface area contributed by atoms with Crippen molar-refractivity contribution in [2.75, 3.05) is 0 Å². The van der Waals surface area contributed by atoms with Crippen molar-refractivity contribution in [1.29, 1.82) is 0 Å². The van der Waals surface area contributed by atoms with Crippen LogP contribution in [0, 0.1) is 5.21 Å². The van der Waals surface area contributed by atoms with Crippen LogP contribution in [-0.2, 0) is 4.94 Å². The van der Waals surface area contributed by atoms with Crippen LogP contribution in [0.5, 0.6) is 0 Å². The Morgan fingerprint density at radius 2 is 2.70 bits per heavy atom. The van der Waals surface area contributed by atoms with Gasteiger partial charge in [-0.1, -0.05) is 12.2 Å². The van der Waals surface area contributed by atoms with E-state index in [1.165, 1.54) is 0 Å². The largest absolute Gasteiger partial charge is 0.593 e. The maximum atomic E-state index is 10.8. The molecular weight excluding hydrogens is 132 g/mol. The fourth-order valence-corrected chi connectivity index (χ4v) is 1.13. The van der Waals surface area contributed by atoms with E-state index in [1.54, 1.807) is 6.08 Å². The monoisotopic (exact) mass is 140 g/mol. The lowest BCUT2D eigenvalue weighted by Crippen LogP contribution is -3.02. The van der Waals surface area contributed by atoms with Crippen molar-refractivity contribution in [3.05, 3.63) is 29.1 Å². The van der Waals surface area contributed by atoms with Crippen LogP contribution in [0.4, 0.5) is 0 Å². The minimum atomic E-state index is -0.241. The lowest BCUT2D eigenvalue weighted by Gasteiger charge is -2.12. The van der Waals surface area contributed by atoms with Gasteiger partial charge in [-0.15, -0.1) is 10.4 Å². The third-order valence-corrected chi connectivity index (χ3v) is 1.69. The third kappa shape index (κ3) is 0.783. The third-order valence-electron chi connectivity index (χ3n) is 1.69. The minimum Gasteiger partial charge on any atom is -0.593 e. The summed E-state index contributed by atoms with van der Waals surface area (Å²) in [5.74, 6) is 0. The smallest absolute Gasteiger partial charge is 0.161 e. The highest BCUT2D eigenvalue weighted by Crippen LogP contribution is 2.10. The Morgan fingerprint density at radius 1 is 1.80 bits per heavy atom. The van der Waals surface area contributed by atoms with Gasteiger partial charge in [-0.05, 0) is 12.5 Å². The van der Waals surface area contributed by atoms with Crippen molar-refractivity contribution < 1.29 is 10.2 Å². The van der Waals surface area contributed by atoms with Crippen LogP contribution in [0.15, 0.2) is 23.9 Å². The van der Waals surface area contributed by atoms with E-state index in [0.29, 0.717) is 0 Å². The van der Waals surface area contributed by atoms with E-state index in [2.05, 4.69) is 10.4 Å². The Kier molecular flexibility index (Phi) is 1.32. The van der Waals surface area contributed by atoms with Gasteiger partial charge in [0.05, 0.1) is 0 Å². The first-order chi connectivity index (χ1) is 4.88. The van der Waals surface area contributed by atoms with Gasteiger partial charge in [0, 0.05) is 0 Å². The predicted molar refractivity (Wildman–Crippen MR) is 34.2 cm³/mol. The van der Waals surface area contributed by atoms with Crippen molar-refractivity contribution in [3.8, 4) is 0 Å². The molecule has 0 aromatic rings. The van der Waals surface area contributed by atoms with Crippen molar-refractivity contribution in [3.63, 3.8) is 0 Å². The van der Waals surface area contributed by atoms with Gasteiger partial charge in [-0.25, -0.2) is 0 Å². The van der Waals surface area contributed by atoms with Crippen molar-refractivity contribution in [1.82, 2.24) is 5.48 Å². The Bertz CT molecular complexity index is 200. The van der Waals surface area contributed by atoms with E-state index < -0.39 is 0 Å². The second-order valence-corrected chi connectivity index (χ2v) is 2.35. The first-order valence-corrected chi connectivity index (χ1v) is 3.21. The summed E-state index contributed by atoms with van der Waals surface area (Å²) in [4.78, 5) is 4.60. The molecule has 2 rings (SSSR count). The number of rotatable bonds is 0. The number of hydroxylamine groups is 3. The SMILES string of the molecule is [O-][NH+]1ONC2CC=CC=C21. The number of allylic oxidation sites excluding steroid dienone is 2. The first kappa shape index (κ1) is 6.06. The minimum absolute atomic E-state index is 0.0949. The molecule has 10 heavy (non-hydrogen) atoms. The average molecular weight is 140 g/mol. The number of hydrogen-bond acceptors (Lipinski definition) is 3. The van der Waals surface area contributed by atoms with Crippen molar-refractivity contribution >= 4 is 0 Å². The molecule has 1 aliphatic carbocycles. The second kappa shape index (κ2) is 2.17. The van der Waals surface area contributed by atoms with Crippen molar-refractivity contribution in [2.45, 2.75) is 12.5 Å². The summed E-state index contributed by atoms with van der Waals surface area (Å²) in [6, 6.07) is 0.0949. The quantitative estimate of drug-likeness (QED) is 0.426. The fraction of sp³-hybridized carbons (Fsp3) is 0.333. The number of quaternary nitrogens is 1. The molecule has 1 fully saturated rings. The molecule has 2 aliphatic rings. The molecule has 2 N–H and O–H groups in total. The van der Waals surface area contributed by atoms with Crippen LogP contribution in [0.3, 0.4) is 0 Å². The Labute approximate surface area is 58.3 Å². The Hall–Kier alpha value is -0.680. The molecule has 0 aromatic heterocycles. The Balaban J connectivity index is 2.25. The van der Waals surface area contributed by atoms with Gasteiger partial charge in [0.25, 0.3) is 0 Å². The molecule has 1 heterocycles. The predicted octanol–water partition coefficient (Wildman–Crippen LogP) is -0.969. The second-order valence-electron chi connectivity index (χ2n) is 2.35. The molecule has 2 atom stereocenters. The topological polar surface area (TPSA) is 48.8 Å². The van der Waals surface area contributed by atoms with Crippen molar-refractivity contribution in [2.24, 2.45) is 0 Å². The van der Waals surface area contributed by atoms with Crippen LogP contribution < -0.4 is 10.7 Å². The first-order valence-electron chi connectivity index (χ1n) is 3.21. The summed E-state index contributed by atoms with van der Waals surface area (Å²) in [5.41, 5.74) is 3.38. The highest BCUT2D eigenvalue weighted by Gasteiger charge is 2.29. The maximum absolute atomic E-state index is 10.8. The van der Waals surface area contributed by atoms with E-state index in [1.807, 2.05) is 12.2 Å². The molecule has 0 amide bonds. The molecule has 54 valence electrons. The van der Waals surface area contributed by atoms with Crippen LogP contribution >= 0.6 is 0 Å². The average Bonchev–Trinajstić information content (AvgIpc) is 2.34. The van der Waals surface area contributed by atoms with E-state index in [-0.39, 0.29) is 11.3 Å². The van der Waals surface area contributed by atoms with Crippen LogP contribution in [0.2, 0.25) is 0 Å². The van der Waals surface area contributed by atoms with Gasteiger partial charge in [0.2, 0.25) is 0 Å². The summed E-state index contributed by atoms with van der Waals surface area (Å²) in [5, 5.41) is 10.6. The summed E-state index contributed by atoms with van der Waals surface area (Å²) in [6.45, 7) is 0. The molecule has 2 unspecified atom stereocenters. The normalized spacial score (nSPS) is 37.5. The van der Waals surface area contributed by atoms with Gasteiger partial charge >= 0.3 is 0 Å². The molecule has 0 aromatic carbocycles. The van der Waals surface area contributed by atoms with E-state index in [4.69, 9.17) is 0 Å². The van der Waals surface area contributed by atoms with E-state index >= 15 is 0 Å². The molecule has 0 saturated carbocycles. The van der Waals surface area contributed by atoms with Crippen LogP contribution in [0.25, 0.3) is 0 Å². The van der Waals surface area contributed by atoms with Gasteiger partial charge in [0.1, 0.15) is 6.04 Å². The van der Waals surface area contributed by atoms with E-state index in [9.17, 15) is 5.21 Å². The lowest BCUT2D eigenvalue weighted by atomic mass is 10.1. The molecule has 0 spiro atoms. The molecule has 0 bridgehead atoms. The highest BCUT2D eigenvalue weighted by atomic mass is 17.0. The molecule has 1 aliphatic heterocycles. The molecule has 4 nitrogen and oxygen atoms in total. The van der Waals surface area contributed by atoms with Crippen LogP contribution in [-0.4, -0.2) is 6.04 Å². The van der Waals surface area contributed by atoms with Gasteiger partial charge < -0.3 is 5.21 Å². The molecule has 4 heteroatoms. The summed E-state index contributed by atoms with van der Waals surface area (Å²) < 4.78 is 0. The summed E-state index contributed by atoms with van der Waals surface area (Å²) in [6.07, 6.45) is 6.51. The standard InChI is InChI=1S/C6H8N2O2/c9-8-6-4-2-1-3-5(6)7-10-8/h1-2,4-5,7-8H,3H2. The molecular formula is C6H8N2O2. The van der Waals surface area contributed by atoms with Gasteiger partial charge in [0.15, 0.2) is 5.70 Å². The summed E-state index contributed by atoms with van der Waals surface area (Å²) in [7, 11) is 0. The zero-order valence-corrected chi connectivity index (χ0v) is 5.33. The van der Waals surface area contributed by atoms with Crippen LogP contribution in [0.1, 0.15) is 6.42 Å². The summed E-state index contributed by atoms with van der Waals surface area (Å²) >= 11 is 0. The lowest BCUT2D eigenvalue weighted by molar-refractivity contribution is -1.01. The van der Waals surface area contributed by atoms with E-state index in [0.717, 1.165) is 12.1 Å². The number of nitrogens with one attached hydrogen (secondary N) is 2. The molecule has 1 saturated heterocycles. The maximum Gasteiger partial charge on any atom is 0.161 e. The zero-order chi connectivity index (χ0) is 6.97. The molecule has 0 radical (unpaired) electrons. The fourth-order valence-electron chi connectivity index (χ4n) is 1.13. The highest BCUT2D eigenvalue weighted by molar-refractivity contribution is 5.18. The van der Waals surface area contributed by atoms with Gasteiger partial charge in [-0.3, -0.25) is 0 Å².